The molecule has 2 saturated heterocycles. The van der Waals surface area contributed by atoms with Crippen molar-refractivity contribution in [1.82, 2.24) is 4.90 Å². The molecule has 2 aliphatic heterocycles. The maximum Gasteiger partial charge on any atom is 0.272 e. The summed E-state index contributed by atoms with van der Waals surface area (Å²) in [6.45, 7) is 3.05. The molecule has 0 aliphatic carbocycles. The Balaban J connectivity index is 1.90. The van der Waals surface area contributed by atoms with Crippen molar-refractivity contribution < 1.29 is 9.66 Å². The molecule has 2 atom stereocenters. The number of non-ortho nitro benzene ring substituents is 1. The molecule has 2 aliphatic rings. The van der Waals surface area contributed by atoms with Gasteiger partial charge in [-0.3, -0.25) is 15.0 Å². The number of nitro groups is 1. The molecule has 0 spiro atoms. The molecule has 0 saturated carbocycles. The first kappa shape index (κ1) is 14.8. The summed E-state index contributed by atoms with van der Waals surface area (Å²) in [5.41, 5.74) is 0.550. The van der Waals surface area contributed by atoms with E-state index < -0.39 is 4.92 Å². The van der Waals surface area contributed by atoms with Crippen LogP contribution in [0.5, 0.6) is 0 Å². The smallest absolute Gasteiger partial charge is 0.272 e. The zero-order valence-corrected chi connectivity index (χ0v) is 13.0. The monoisotopic (exact) mass is 331 g/mol. The molecule has 114 valence electrons. The Kier molecular flexibility index (Phi) is 3.96. The molecule has 0 N–H and O–H groups in total. The first-order valence-corrected chi connectivity index (χ1v) is 7.43. The third-order valence-corrected chi connectivity index (χ3v) is 4.68. The molecule has 6 nitrogen and oxygen atoms in total. The summed E-state index contributed by atoms with van der Waals surface area (Å²) in [5, 5.41) is 11.4. The second kappa shape index (κ2) is 5.61. The van der Waals surface area contributed by atoms with Gasteiger partial charge in [0.05, 0.1) is 39.4 Å². The summed E-state index contributed by atoms with van der Waals surface area (Å²) in [4.78, 5) is 14.6. The van der Waals surface area contributed by atoms with Gasteiger partial charge in [0, 0.05) is 31.8 Å². The van der Waals surface area contributed by atoms with Crippen molar-refractivity contribution in [1.29, 1.82) is 0 Å². The van der Waals surface area contributed by atoms with E-state index in [1.807, 2.05) is 4.90 Å². The third kappa shape index (κ3) is 2.68. The largest absolute Gasteiger partial charge is 0.373 e. The van der Waals surface area contributed by atoms with Gasteiger partial charge in [-0.05, 0) is 7.05 Å². The standard InChI is InChI=1S/C13H15Cl2N3O3/c1-16-2-3-21-12-7-17(6-11(12)16)13-9(14)4-8(18(19)20)5-10(13)15/h4-5,11-12H,2-3,6-7H2,1H3. The maximum absolute atomic E-state index is 10.8. The minimum atomic E-state index is -0.498. The Bertz CT molecular complexity index is 561. The second-order valence-corrected chi connectivity index (χ2v) is 6.19. The van der Waals surface area contributed by atoms with Crippen LogP contribution in [-0.2, 0) is 4.74 Å². The van der Waals surface area contributed by atoms with Crippen LogP contribution < -0.4 is 4.90 Å². The number of hydrogen-bond donors (Lipinski definition) is 0. The molecular formula is C13H15Cl2N3O3. The molecule has 1 aromatic carbocycles. The molecule has 2 heterocycles. The van der Waals surface area contributed by atoms with Crippen LogP contribution in [0.1, 0.15) is 0 Å². The van der Waals surface area contributed by atoms with Crippen LogP contribution >= 0.6 is 23.2 Å². The van der Waals surface area contributed by atoms with Crippen LogP contribution in [-0.4, -0.2) is 55.3 Å². The SMILES string of the molecule is CN1CCOC2CN(c3c(Cl)cc([N+](=O)[O-])cc3Cl)CC21. The molecule has 8 heteroatoms. The van der Waals surface area contributed by atoms with E-state index in [4.69, 9.17) is 27.9 Å². The van der Waals surface area contributed by atoms with Crippen molar-refractivity contribution >= 4 is 34.6 Å². The maximum atomic E-state index is 10.8. The summed E-state index contributed by atoms with van der Waals surface area (Å²) >= 11 is 12.4. The number of anilines is 1. The number of hydrogen-bond acceptors (Lipinski definition) is 5. The number of nitro benzene ring substituents is 1. The van der Waals surface area contributed by atoms with E-state index in [0.717, 1.165) is 13.1 Å². The molecule has 0 aromatic heterocycles. The first-order valence-electron chi connectivity index (χ1n) is 6.67. The predicted octanol–water partition coefficient (Wildman–Crippen LogP) is 2.42. The van der Waals surface area contributed by atoms with Gasteiger partial charge < -0.3 is 9.64 Å². The van der Waals surface area contributed by atoms with Crippen LogP contribution in [0.15, 0.2) is 12.1 Å². The van der Waals surface area contributed by atoms with Crippen molar-refractivity contribution in [2.45, 2.75) is 12.1 Å². The summed E-state index contributed by atoms with van der Waals surface area (Å²) < 4.78 is 5.79. The highest BCUT2D eigenvalue weighted by molar-refractivity contribution is 6.39. The van der Waals surface area contributed by atoms with Gasteiger partial charge in [0.25, 0.3) is 5.69 Å². The topological polar surface area (TPSA) is 58.8 Å². The van der Waals surface area contributed by atoms with Crippen molar-refractivity contribution in [3.8, 4) is 0 Å². The lowest BCUT2D eigenvalue weighted by atomic mass is 10.1. The van der Waals surface area contributed by atoms with E-state index in [1.165, 1.54) is 12.1 Å². The van der Waals surface area contributed by atoms with Gasteiger partial charge >= 0.3 is 0 Å². The van der Waals surface area contributed by atoms with Gasteiger partial charge in [0.15, 0.2) is 0 Å². The fourth-order valence-corrected chi connectivity index (χ4v) is 3.71. The number of nitrogens with zero attached hydrogens (tertiary/aromatic N) is 3. The van der Waals surface area contributed by atoms with Crippen molar-refractivity contribution in [3.63, 3.8) is 0 Å². The van der Waals surface area contributed by atoms with Crippen molar-refractivity contribution in [2.24, 2.45) is 0 Å². The molecule has 1 aromatic rings. The number of benzene rings is 1. The molecule has 0 radical (unpaired) electrons. The van der Waals surface area contributed by atoms with Crippen LogP contribution in [0.25, 0.3) is 0 Å². The van der Waals surface area contributed by atoms with Gasteiger partial charge in [-0.2, -0.15) is 0 Å². The van der Waals surface area contributed by atoms with E-state index >= 15 is 0 Å². The number of ether oxygens (including phenoxy) is 1. The van der Waals surface area contributed by atoms with Crippen molar-refractivity contribution in [3.05, 3.63) is 32.3 Å². The van der Waals surface area contributed by atoms with Crippen LogP contribution in [0.3, 0.4) is 0 Å². The van der Waals surface area contributed by atoms with Gasteiger partial charge in [-0.25, -0.2) is 0 Å². The lowest BCUT2D eigenvalue weighted by Crippen LogP contribution is -2.48. The average molecular weight is 332 g/mol. The fraction of sp³-hybridized carbons (Fsp3) is 0.538. The summed E-state index contributed by atoms with van der Waals surface area (Å²) in [6.07, 6.45) is 0.117. The lowest BCUT2D eigenvalue weighted by Gasteiger charge is -2.33. The summed E-state index contributed by atoms with van der Waals surface area (Å²) in [6, 6.07) is 2.98. The quantitative estimate of drug-likeness (QED) is 0.615. The Labute approximate surface area is 132 Å². The van der Waals surface area contributed by atoms with E-state index in [9.17, 15) is 10.1 Å². The van der Waals surface area contributed by atoms with Crippen LogP contribution in [0, 0.1) is 10.1 Å². The highest BCUT2D eigenvalue weighted by Crippen LogP contribution is 2.40. The predicted molar refractivity (Wildman–Crippen MR) is 81.5 cm³/mol. The van der Waals surface area contributed by atoms with Gasteiger partial charge in [0.1, 0.15) is 0 Å². The van der Waals surface area contributed by atoms with E-state index in [1.54, 1.807) is 0 Å². The van der Waals surface area contributed by atoms with Gasteiger partial charge in [-0.15, -0.1) is 0 Å². The molecule has 21 heavy (non-hydrogen) atoms. The average Bonchev–Trinajstić information content (AvgIpc) is 2.82. The minimum Gasteiger partial charge on any atom is -0.373 e. The van der Waals surface area contributed by atoms with E-state index in [-0.39, 0.29) is 11.8 Å². The number of rotatable bonds is 2. The highest BCUT2D eigenvalue weighted by atomic mass is 35.5. The fourth-order valence-electron chi connectivity index (χ4n) is 3.00. The summed E-state index contributed by atoms with van der Waals surface area (Å²) in [7, 11) is 2.07. The van der Waals surface area contributed by atoms with E-state index in [2.05, 4.69) is 11.9 Å². The van der Waals surface area contributed by atoms with Crippen LogP contribution in [0.2, 0.25) is 10.0 Å². The zero-order valence-electron chi connectivity index (χ0n) is 11.5. The van der Waals surface area contributed by atoms with Crippen LogP contribution in [0.4, 0.5) is 11.4 Å². The lowest BCUT2D eigenvalue weighted by molar-refractivity contribution is -0.384. The summed E-state index contributed by atoms with van der Waals surface area (Å²) in [5.74, 6) is 0. The number of morpholine rings is 1. The van der Waals surface area contributed by atoms with Crippen molar-refractivity contribution in [2.75, 3.05) is 38.2 Å². The number of fused-ring (bicyclic) bond motifs is 1. The number of likely N-dealkylation sites (N-methyl/N-ethyl adjacent to an activating group) is 1. The Morgan fingerprint density at radius 2 is 2.00 bits per heavy atom. The Morgan fingerprint density at radius 1 is 1.33 bits per heavy atom. The molecule has 0 bridgehead atoms. The molecular weight excluding hydrogens is 317 g/mol. The number of halogens is 2. The first-order chi connectivity index (χ1) is 9.97. The second-order valence-electron chi connectivity index (χ2n) is 5.38. The zero-order chi connectivity index (χ0) is 15.1. The molecule has 3 rings (SSSR count). The minimum absolute atomic E-state index is 0.0984. The van der Waals surface area contributed by atoms with Gasteiger partial charge in [-0.1, -0.05) is 23.2 Å². The normalized spacial score (nSPS) is 26.0. The van der Waals surface area contributed by atoms with E-state index in [0.29, 0.717) is 34.9 Å². The Hall–Kier alpha value is -1.08. The highest BCUT2D eigenvalue weighted by Gasteiger charge is 2.39. The van der Waals surface area contributed by atoms with Gasteiger partial charge in [0.2, 0.25) is 0 Å². The molecule has 2 fully saturated rings. The third-order valence-electron chi connectivity index (χ3n) is 4.11. The Morgan fingerprint density at radius 3 is 2.57 bits per heavy atom. The molecule has 0 amide bonds. The molecule has 2 unspecified atom stereocenters.